The molecule has 0 unspecified atom stereocenters. The number of fused-ring (bicyclic) bond motifs is 1. The first-order chi connectivity index (χ1) is 11.7. The van der Waals surface area contributed by atoms with Crippen LogP contribution in [0.5, 0.6) is 5.75 Å². The fourth-order valence-electron chi connectivity index (χ4n) is 3.46. The number of aromatic nitrogens is 3. The van der Waals surface area contributed by atoms with Crippen molar-refractivity contribution in [1.82, 2.24) is 19.7 Å². The number of ether oxygens (including phenoxy) is 1. The van der Waals surface area contributed by atoms with Gasteiger partial charge in [0.2, 0.25) is 5.91 Å². The highest BCUT2D eigenvalue weighted by atomic mass is 16.5. The SMILES string of the molecule is N#Cc1ncn(CC(=O)N2CC[C@]3(CCc4ccccc4O3)C2)n1. The molecule has 24 heavy (non-hydrogen) atoms. The number of rotatable bonds is 2. The van der Waals surface area contributed by atoms with E-state index in [-0.39, 0.29) is 23.9 Å². The minimum atomic E-state index is -0.274. The second-order valence-corrected chi connectivity index (χ2v) is 6.34. The maximum Gasteiger partial charge on any atom is 0.252 e. The van der Waals surface area contributed by atoms with Gasteiger partial charge in [-0.1, -0.05) is 18.2 Å². The molecule has 1 fully saturated rings. The van der Waals surface area contributed by atoms with E-state index in [9.17, 15) is 4.79 Å². The molecule has 122 valence electrons. The van der Waals surface area contributed by atoms with Gasteiger partial charge in [0.25, 0.3) is 5.82 Å². The molecule has 2 aliphatic heterocycles. The van der Waals surface area contributed by atoms with Gasteiger partial charge in [0.15, 0.2) is 0 Å². The number of hydrogen-bond donors (Lipinski definition) is 0. The minimum absolute atomic E-state index is 0.0243. The summed E-state index contributed by atoms with van der Waals surface area (Å²) >= 11 is 0. The third-order valence-corrected chi connectivity index (χ3v) is 4.75. The molecule has 0 N–H and O–H groups in total. The zero-order valence-electron chi connectivity index (χ0n) is 13.2. The van der Waals surface area contributed by atoms with Gasteiger partial charge < -0.3 is 9.64 Å². The molecule has 7 heteroatoms. The fraction of sp³-hybridized carbons (Fsp3) is 0.412. The Labute approximate surface area is 139 Å². The van der Waals surface area contributed by atoms with Gasteiger partial charge in [0, 0.05) is 13.0 Å². The summed E-state index contributed by atoms with van der Waals surface area (Å²) in [6, 6.07) is 9.96. The highest BCUT2D eigenvalue weighted by Crippen LogP contribution is 2.38. The molecule has 1 spiro atoms. The van der Waals surface area contributed by atoms with Crippen LogP contribution in [0.2, 0.25) is 0 Å². The summed E-state index contributed by atoms with van der Waals surface area (Å²) in [5.74, 6) is 0.990. The van der Waals surface area contributed by atoms with E-state index in [1.165, 1.54) is 16.6 Å². The lowest BCUT2D eigenvalue weighted by Gasteiger charge is -2.35. The topological polar surface area (TPSA) is 84.0 Å². The van der Waals surface area contributed by atoms with Gasteiger partial charge in [-0.2, -0.15) is 5.26 Å². The van der Waals surface area contributed by atoms with Gasteiger partial charge in [-0.15, -0.1) is 5.10 Å². The lowest BCUT2D eigenvalue weighted by molar-refractivity contribution is -0.131. The zero-order valence-corrected chi connectivity index (χ0v) is 13.2. The standard InChI is InChI=1S/C17H17N5O2/c18-9-15-19-12-22(20-15)10-16(23)21-8-7-17(11-21)6-5-13-3-1-2-4-14(13)24-17/h1-4,12H,5-8,10-11H2/t17-/m1/s1. The molecule has 1 saturated heterocycles. The largest absolute Gasteiger partial charge is 0.485 e. The van der Waals surface area contributed by atoms with Crippen LogP contribution >= 0.6 is 0 Å². The number of amides is 1. The van der Waals surface area contributed by atoms with Crippen molar-refractivity contribution in [2.75, 3.05) is 13.1 Å². The third kappa shape index (κ3) is 2.60. The van der Waals surface area contributed by atoms with Gasteiger partial charge in [-0.05, 0) is 24.5 Å². The predicted molar refractivity (Wildman–Crippen MR) is 84.1 cm³/mol. The molecular formula is C17H17N5O2. The molecule has 0 radical (unpaired) electrons. The maximum absolute atomic E-state index is 12.5. The molecule has 0 bridgehead atoms. The third-order valence-electron chi connectivity index (χ3n) is 4.75. The molecule has 2 aromatic rings. The molecular weight excluding hydrogens is 306 g/mol. The molecule has 0 aliphatic carbocycles. The van der Waals surface area contributed by atoms with Crippen molar-refractivity contribution in [3.05, 3.63) is 42.0 Å². The number of aryl methyl sites for hydroxylation is 1. The number of nitrogens with zero attached hydrogens (tertiary/aromatic N) is 5. The number of likely N-dealkylation sites (tertiary alicyclic amines) is 1. The summed E-state index contributed by atoms with van der Waals surface area (Å²) in [7, 11) is 0. The van der Waals surface area contributed by atoms with Gasteiger partial charge in [0.1, 0.15) is 30.3 Å². The quantitative estimate of drug-likeness (QED) is 0.827. The van der Waals surface area contributed by atoms with Crippen LogP contribution in [0.3, 0.4) is 0 Å². The first-order valence-corrected chi connectivity index (χ1v) is 8.02. The van der Waals surface area contributed by atoms with E-state index in [1.807, 2.05) is 29.2 Å². The van der Waals surface area contributed by atoms with Crippen LogP contribution < -0.4 is 4.74 Å². The Kier molecular flexibility index (Phi) is 3.45. The number of hydrogen-bond acceptors (Lipinski definition) is 5. The second-order valence-electron chi connectivity index (χ2n) is 6.34. The number of carbonyl (C=O) groups is 1. The molecule has 4 rings (SSSR count). The van der Waals surface area contributed by atoms with E-state index in [0.717, 1.165) is 25.0 Å². The Balaban J connectivity index is 1.43. The molecule has 2 aliphatic rings. The van der Waals surface area contributed by atoms with E-state index in [2.05, 4.69) is 16.1 Å². The van der Waals surface area contributed by atoms with Gasteiger partial charge >= 0.3 is 0 Å². The van der Waals surface area contributed by atoms with Crippen LogP contribution in [0.4, 0.5) is 0 Å². The van der Waals surface area contributed by atoms with E-state index >= 15 is 0 Å². The Bertz CT molecular complexity index is 824. The Morgan fingerprint density at radius 3 is 3.08 bits per heavy atom. The van der Waals surface area contributed by atoms with Crippen molar-refractivity contribution < 1.29 is 9.53 Å². The van der Waals surface area contributed by atoms with E-state index < -0.39 is 0 Å². The molecule has 7 nitrogen and oxygen atoms in total. The smallest absolute Gasteiger partial charge is 0.252 e. The van der Waals surface area contributed by atoms with Crippen LogP contribution in [-0.2, 0) is 17.8 Å². The Morgan fingerprint density at radius 2 is 2.25 bits per heavy atom. The van der Waals surface area contributed by atoms with Gasteiger partial charge in [-0.25, -0.2) is 9.67 Å². The second kappa shape index (κ2) is 5.64. The molecule has 1 amide bonds. The maximum atomic E-state index is 12.5. The number of para-hydroxylation sites is 1. The fourth-order valence-corrected chi connectivity index (χ4v) is 3.46. The van der Waals surface area contributed by atoms with Crippen LogP contribution in [0.1, 0.15) is 24.2 Å². The van der Waals surface area contributed by atoms with E-state index in [4.69, 9.17) is 10.00 Å². The summed E-state index contributed by atoms with van der Waals surface area (Å²) in [5, 5.41) is 12.7. The van der Waals surface area contributed by atoms with Gasteiger partial charge in [0.05, 0.1) is 6.54 Å². The molecule has 1 aromatic heterocycles. The molecule has 3 heterocycles. The highest BCUT2D eigenvalue weighted by Gasteiger charge is 2.43. The molecule has 1 aromatic carbocycles. The summed E-state index contributed by atoms with van der Waals surface area (Å²) in [5.41, 5.74) is 0.962. The van der Waals surface area contributed by atoms with E-state index in [0.29, 0.717) is 13.1 Å². The molecule has 1 atom stereocenters. The van der Waals surface area contributed by atoms with Crippen molar-refractivity contribution in [2.45, 2.75) is 31.4 Å². The predicted octanol–water partition coefficient (Wildman–Crippen LogP) is 1.15. The highest BCUT2D eigenvalue weighted by molar-refractivity contribution is 5.76. The summed E-state index contributed by atoms with van der Waals surface area (Å²) in [6.45, 7) is 1.38. The normalized spacial score (nSPS) is 22.0. The van der Waals surface area contributed by atoms with Crippen LogP contribution in [0.15, 0.2) is 30.6 Å². The lowest BCUT2D eigenvalue weighted by Crippen LogP contribution is -2.44. The zero-order chi connectivity index (χ0) is 16.6. The summed E-state index contributed by atoms with van der Waals surface area (Å²) in [6.07, 6.45) is 4.16. The first-order valence-electron chi connectivity index (χ1n) is 8.02. The van der Waals surface area contributed by atoms with Crippen LogP contribution in [0.25, 0.3) is 0 Å². The Morgan fingerprint density at radius 1 is 1.38 bits per heavy atom. The number of benzene rings is 1. The van der Waals surface area contributed by atoms with Crippen LogP contribution in [0, 0.1) is 11.3 Å². The van der Waals surface area contributed by atoms with Crippen molar-refractivity contribution in [1.29, 1.82) is 5.26 Å². The van der Waals surface area contributed by atoms with Crippen molar-refractivity contribution in [3.63, 3.8) is 0 Å². The summed E-state index contributed by atoms with van der Waals surface area (Å²) < 4.78 is 7.67. The monoisotopic (exact) mass is 323 g/mol. The first kappa shape index (κ1) is 14.7. The number of carbonyl (C=O) groups excluding carboxylic acids is 1. The lowest BCUT2D eigenvalue weighted by atomic mass is 9.90. The average molecular weight is 323 g/mol. The average Bonchev–Trinajstić information content (AvgIpc) is 3.22. The van der Waals surface area contributed by atoms with Crippen molar-refractivity contribution >= 4 is 5.91 Å². The van der Waals surface area contributed by atoms with Crippen molar-refractivity contribution in [2.24, 2.45) is 0 Å². The summed E-state index contributed by atoms with van der Waals surface area (Å²) in [4.78, 5) is 18.1. The van der Waals surface area contributed by atoms with E-state index in [1.54, 1.807) is 0 Å². The number of nitriles is 1. The minimum Gasteiger partial charge on any atom is -0.485 e. The van der Waals surface area contributed by atoms with Crippen molar-refractivity contribution in [3.8, 4) is 11.8 Å². The Hall–Kier alpha value is -2.88. The molecule has 0 saturated carbocycles. The van der Waals surface area contributed by atoms with Crippen LogP contribution in [-0.4, -0.2) is 44.3 Å². The van der Waals surface area contributed by atoms with Gasteiger partial charge in [-0.3, -0.25) is 4.79 Å².